The van der Waals surface area contributed by atoms with Crippen molar-refractivity contribution in [2.75, 3.05) is 0 Å². The van der Waals surface area contributed by atoms with Crippen LogP contribution in [-0.4, -0.2) is 0 Å². The number of nitriles is 1. The summed E-state index contributed by atoms with van der Waals surface area (Å²) < 4.78 is 36.5. The van der Waals surface area contributed by atoms with E-state index in [-0.39, 0.29) is 5.56 Å². The summed E-state index contributed by atoms with van der Waals surface area (Å²) in [6.07, 6.45) is -4.38. The van der Waals surface area contributed by atoms with E-state index in [1.165, 1.54) is 13.0 Å². The molecule has 0 saturated heterocycles. The minimum Gasteiger partial charge on any atom is -0.192 e. The predicted octanol–water partition coefficient (Wildman–Crippen LogP) is 3.91. The molecule has 1 nitrogen and oxygen atoms in total. The maximum atomic E-state index is 12.2. The lowest BCUT2D eigenvalue weighted by molar-refractivity contribution is -0.137. The van der Waals surface area contributed by atoms with Gasteiger partial charge in [0.05, 0.1) is 17.2 Å². The number of halogens is 3. The zero-order valence-corrected chi connectivity index (χ0v) is 8.81. The highest BCUT2D eigenvalue weighted by molar-refractivity contribution is 5.38. The smallest absolute Gasteiger partial charge is 0.192 e. The largest absolute Gasteiger partial charge is 0.416 e. The molecule has 0 saturated carbocycles. The van der Waals surface area contributed by atoms with Gasteiger partial charge in [-0.3, -0.25) is 0 Å². The SMILES string of the molecule is CC.Cc1cc(C#N)cc(C(F)(F)F)c1. The first-order valence-electron chi connectivity index (χ1n) is 4.52. The van der Waals surface area contributed by atoms with Crippen molar-refractivity contribution in [3.05, 3.63) is 34.9 Å². The summed E-state index contributed by atoms with van der Waals surface area (Å²) in [5.41, 5.74) is -0.303. The number of hydrogen-bond acceptors (Lipinski definition) is 1. The molecule has 0 fully saturated rings. The fraction of sp³-hybridized carbons (Fsp3) is 0.364. The fourth-order valence-corrected chi connectivity index (χ4v) is 1.01. The molecule has 0 amide bonds. The third kappa shape index (κ3) is 4.03. The van der Waals surface area contributed by atoms with Gasteiger partial charge in [0.1, 0.15) is 0 Å². The molecule has 0 heterocycles. The number of rotatable bonds is 0. The van der Waals surface area contributed by atoms with Crippen molar-refractivity contribution in [1.82, 2.24) is 0 Å². The van der Waals surface area contributed by atoms with Gasteiger partial charge in [-0.25, -0.2) is 0 Å². The molecule has 0 aromatic heterocycles. The Kier molecular flexibility index (Phi) is 4.86. The first-order chi connectivity index (χ1) is 6.93. The second kappa shape index (κ2) is 5.40. The van der Waals surface area contributed by atoms with Crippen molar-refractivity contribution >= 4 is 0 Å². The maximum Gasteiger partial charge on any atom is 0.416 e. The highest BCUT2D eigenvalue weighted by atomic mass is 19.4. The van der Waals surface area contributed by atoms with E-state index in [2.05, 4.69) is 0 Å². The quantitative estimate of drug-likeness (QED) is 0.643. The Labute approximate surface area is 87.2 Å². The molecule has 4 heteroatoms. The van der Waals surface area contributed by atoms with Crippen molar-refractivity contribution in [3.8, 4) is 6.07 Å². The highest BCUT2D eigenvalue weighted by Gasteiger charge is 2.30. The van der Waals surface area contributed by atoms with Crippen LogP contribution in [0.4, 0.5) is 13.2 Å². The first kappa shape index (κ1) is 13.5. The van der Waals surface area contributed by atoms with E-state index in [1.54, 1.807) is 6.07 Å². The molecule has 15 heavy (non-hydrogen) atoms. The lowest BCUT2D eigenvalue weighted by Crippen LogP contribution is -2.05. The average Bonchev–Trinajstić information content (AvgIpc) is 2.18. The van der Waals surface area contributed by atoms with Crippen LogP contribution < -0.4 is 0 Å². The van der Waals surface area contributed by atoms with E-state index in [0.29, 0.717) is 5.56 Å². The normalized spacial score (nSPS) is 9.93. The summed E-state index contributed by atoms with van der Waals surface area (Å²) in [5, 5.41) is 8.43. The molecule has 0 atom stereocenters. The third-order valence-electron chi connectivity index (χ3n) is 1.53. The zero-order chi connectivity index (χ0) is 12.1. The lowest BCUT2D eigenvalue weighted by Gasteiger charge is -2.07. The van der Waals surface area contributed by atoms with Gasteiger partial charge in [0.15, 0.2) is 0 Å². The number of benzene rings is 1. The molecule has 82 valence electrons. The van der Waals surface area contributed by atoms with Crippen molar-refractivity contribution in [1.29, 1.82) is 5.26 Å². The van der Waals surface area contributed by atoms with Crippen LogP contribution in [0.1, 0.15) is 30.5 Å². The summed E-state index contributed by atoms with van der Waals surface area (Å²) in [4.78, 5) is 0. The number of hydrogen-bond donors (Lipinski definition) is 0. The number of alkyl halides is 3. The van der Waals surface area contributed by atoms with Gasteiger partial charge in [0.25, 0.3) is 0 Å². The minimum absolute atomic E-state index is 0.0346. The maximum absolute atomic E-state index is 12.2. The molecule has 1 aromatic carbocycles. The summed E-state index contributed by atoms with van der Waals surface area (Å²) in [5.74, 6) is 0. The summed E-state index contributed by atoms with van der Waals surface area (Å²) >= 11 is 0. The molecule has 1 rings (SSSR count). The summed E-state index contributed by atoms with van der Waals surface area (Å²) in [6, 6.07) is 4.95. The van der Waals surface area contributed by atoms with Crippen LogP contribution in [0, 0.1) is 18.3 Å². The molecular weight excluding hydrogens is 203 g/mol. The topological polar surface area (TPSA) is 23.8 Å². The van der Waals surface area contributed by atoms with Gasteiger partial charge < -0.3 is 0 Å². The van der Waals surface area contributed by atoms with Crippen LogP contribution >= 0.6 is 0 Å². The number of nitrogens with zero attached hydrogens (tertiary/aromatic N) is 1. The van der Waals surface area contributed by atoms with Gasteiger partial charge in [-0.2, -0.15) is 18.4 Å². The fourth-order valence-electron chi connectivity index (χ4n) is 1.01. The van der Waals surface area contributed by atoms with E-state index in [0.717, 1.165) is 12.1 Å². The molecule has 0 aliphatic carbocycles. The summed E-state index contributed by atoms with van der Waals surface area (Å²) in [6.45, 7) is 5.52. The zero-order valence-electron chi connectivity index (χ0n) is 8.81. The van der Waals surface area contributed by atoms with E-state index < -0.39 is 11.7 Å². The van der Waals surface area contributed by atoms with Crippen molar-refractivity contribution in [3.63, 3.8) is 0 Å². The van der Waals surface area contributed by atoms with E-state index in [1.807, 2.05) is 13.8 Å². The van der Waals surface area contributed by atoms with Gasteiger partial charge >= 0.3 is 6.18 Å². The monoisotopic (exact) mass is 215 g/mol. The van der Waals surface area contributed by atoms with E-state index >= 15 is 0 Å². The Morgan fingerprint density at radius 2 is 1.67 bits per heavy atom. The first-order valence-corrected chi connectivity index (χ1v) is 4.52. The Hall–Kier alpha value is -1.50. The second-order valence-corrected chi connectivity index (χ2v) is 2.70. The van der Waals surface area contributed by atoms with Crippen molar-refractivity contribution < 1.29 is 13.2 Å². The predicted molar refractivity (Wildman–Crippen MR) is 52.2 cm³/mol. The van der Waals surface area contributed by atoms with Crippen molar-refractivity contribution in [2.45, 2.75) is 26.9 Å². The standard InChI is InChI=1S/C9H6F3N.C2H6/c1-6-2-7(5-13)4-8(3-6)9(10,11)12;1-2/h2-4H,1H3;1-2H3. The van der Waals surface area contributed by atoms with Crippen LogP contribution in [-0.2, 0) is 6.18 Å². The Morgan fingerprint density at radius 3 is 2.07 bits per heavy atom. The Bertz CT molecular complexity index is 361. The molecule has 0 unspecified atom stereocenters. The summed E-state index contributed by atoms with van der Waals surface area (Å²) in [7, 11) is 0. The third-order valence-corrected chi connectivity index (χ3v) is 1.53. The average molecular weight is 215 g/mol. The lowest BCUT2D eigenvalue weighted by atomic mass is 10.1. The molecule has 0 radical (unpaired) electrons. The highest BCUT2D eigenvalue weighted by Crippen LogP contribution is 2.30. The Morgan fingerprint density at radius 1 is 1.13 bits per heavy atom. The van der Waals surface area contributed by atoms with Crippen LogP contribution in [0.5, 0.6) is 0 Å². The van der Waals surface area contributed by atoms with Gasteiger partial charge in [-0.15, -0.1) is 0 Å². The van der Waals surface area contributed by atoms with Crippen molar-refractivity contribution in [2.24, 2.45) is 0 Å². The molecule has 0 aliphatic heterocycles. The molecule has 0 aliphatic rings. The van der Waals surface area contributed by atoms with E-state index in [4.69, 9.17) is 5.26 Å². The molecule has 0 N–H and O–H groups in total. The van der Waals surface area contributed by atoms with Gasteiger partial charge in [-0.05, 0) is 30.7 Å². The molecule has 1 aromatic rings. The number of aryl methyl sites for hydroxylation is 1. The molecule has 0 spiro atoms. The van der Waals surface area contributed by atoms with Gasteiger partial charge in [0.2, 0.25) is 0 Å². The van der Waals surface area contributed by atoms with Crippen LogP contribution in [0.2, 0.25) is 0 Å². The van der Waals surface area contributed by atoms with Gasteiger partial charge in [0, 0.05) is 0 Å². The molecule has 0 bridgehead atoms. The van der Waals surface area contributed by atoms with E-state index in [9.17, 15) is 13.2 Å². The molecular formula is C11H12F3N. The Balaban J connectivity index is 0.000000921. The van der Waals surface area contributed by atoms with Crippen LogP contribution in [0.15, 0.2) is 18.2 Å². The van der Waals surface area contributed by atoms with Crippen LogP contribution in [0.3, 0.4) is 0 Å². The second-order valence-electron chi connectivity index (χ2n) is 2.70. The van der Waals surface area contributed by atoms with Gasteiger partial charge in [-0.1, -0.05) is 13.8 Å². The van der Waals surface area contributed by atoms with Crippen LogP contribution in [0.25, 0.3) is 0 Å². The minimum atomic E-state index is -4.38.